The van der Waals surface area contributed by atoms with Gasteiger partial charge in [-0.1, -0.05) is 29.8 Å². The summed E-state index contributed by atoms with van der Waals surface area (Å²) in [5.41, 5.74) is -0.0781. The molecule has 4 nitrogen and oxygen atoms in total. The molecule has 0 amide bonds. The van der Waals surface area contributed by atoms with Crippen LogP contribution in [0.5, 0.6) is 0 Å². The highest BCUT2D eigenvalue weighted by atomic mass is 79.9. The molecule has 0 aromatic heterocycles. The minimum absolute atomic E-state index is 0.0552. The Labute approximate surface area is 94.6 Å². The molecule has 0 aliphatic rings. The Morgan fingerprint density at radius 2 is 2.00 bits per heavy atom. The maximum Gasteiger partial charge on any atom is 0.221 e. The van der Waals surface area contributed by atoms with E-state index in [2.05, 4.69) is 20.7 Å². The summed E-state index contributed by atoms with van der Waals surface area (Å²) in [5.74, 6) is 0. The van der Waals surface area contributed by atoms with Crippen LogP contribution in [-0.4, -0.2) is 33.3 Å². The van der Waals surface area contributed by atoms with Gasteiger partial charge in [-0.05, 0) is 11.8 Å². The minimum Gasteiger partial charge on any atom is -0.385 e. The molecule has 86 valence electrons. The van der Waals surface area contributed by atoms with Gasteiger partial charge in [0.2, 0.25) is 10.0 Å². The summed E-state index contributed by atoms with van der Waals surface area (Å²) in [4.78, 5) is 0. The monoisotopic (exact) mass is 287 g/mol. The minimum atomic E-state index is -3.15. The standard InChI is InChI=1S/C8H18BrNO3S/c1-8(2,4-5-13-3)6-10-14(11,12)7-9/h10H,4-7H2,1-3H3. The molecule has 0 aromatic rings. The van der Waals surface area contributed by atoms with Crippen LogP contribution in [0.15, 0.2) is 0 Å². The van der Waals surface area contributed by atoms with Gasteiger partial charge < -0.3 is 4.74 Å². The van der Waals surface area contributed by atoms with Crippen LogP contribution in [0.4, 0.5) is 0 Å². The fraction of sp³-hybridized carbons (Fsp3) is 1.00. The third-order valence-electron chi connectivity index (χ3n) is 1.90. The van der Waals surface area contributed by atoms with E-state index in [0.717, 1.165) is 6.42 Å². The molecule has 0 fully saturated rings. The van der Waals surface area contributed by atoms with Crippen molar-refractivity contribution in [2.75, 3.05) is 24.9 Å². The highest BCUT2D eigenvalue weighted by molar-refractivity contribution is 9.10. The molecular weight excluding hydrogens is 270 g/mol. The first kappa shape index (κ1) is 14.3. The second-order valence-corrected chi connectivity index (χ2v) is 7.06. The van der Waals surface area contributed by atoms with Crippen molar-refractivity contribution >= 4 is 26.0 Å². The first-order chi connectivity index (χ1) is 6.33. The number of sulfonamides is 1. The van der Waals surface area contributed by atoms with Crippen LogP contribution in [0.25, 0.3) is 0 Å². The Kier molecular flexibility index (Phi) is 6.20. The second-order valence-electron chi connectivity index (χ2n) is 3.95. The van der Waals surface area contributed by atoms with Gasteiger partial charge in [0.1, 0.15) is 4.66 Å². The maximum absolute atomic E-state index is 11.1. The quantitative estimate of drug-likeness (QED) is 0.719. The summed E-state index contributed by atoms with van der Waals surface area (Å²) in [6.07, 6.45) is 0.828. The Hall–Kier alpha value is 0.350. The predicted molar refractivity (Wildman–Crippen MR) is 61.0 cm³/mol. The zero-order valence-electron chi connectivity index (χ0n) is 8.84. The van der Waals surface area contributed by atoms with Gasteiger partial charge >= 0.3 is 0 Å². The van der Waals surface area contributed by atoms with Gasteiger partial charge in [-0.25, -0.2) is 13.1 Å². The van der Waals surface area contributed by atoms with Crippen LogP contribution in [0, 0.1) is 5.41 Å². The van der Waals surface area contributed by atoms with E-state index in [-0.39, 0.29) is 10.1 Å². The van der Waals surface area contributed by atoms with E-state index in [1.54, 1.807) is 7.11 Å². The Morgan fingerprint density at radius 1 is 1.43 bits per heavy atom. The number of halogens is 1. The van der Waals surface area contributed by atoms with Crippen LogP contribution in [0.1, 0.15) is 20.3 Å². The molecule has 0 unspecified atom stereocenters. The van der Waals surface area contributed by atoms with E-state index in [9.17, 15) is 8.42 Å². The topological polar surface area (TPSA) is 55.4 Å². The van der Waals surface area contributed by atoms with Crippen molar-refractivity contribution in [1.29, 1.82) is 0 Å². The average Bonchev–Trinajstić information content (AvgIpc) is 2.12. The number of nitrogens with one attached hydrogen (secondary N) is 1. The summed E-state index contributed by atoms with van der Waals surface area (Å²) in [6.45, 7) is 5.08. The number of hydrogen-bond acceptors (Lipinski definition) is 3. The number of hydrogen-bond donors (Lipinski definition) is 1. The Balaban J connectivity index is 3.98. The zero-order chi connectivity index (χ0) is 11.2. The first-order valence-corrected chi connectivity index (χ1v) is 7.12. The van der Waals surface area contributed by atoms with Crippen molar-refractivity contribution in [3.8, 4) is 0 Å². The van der Waals surface area contributed by atoms with Crippen molar-refractivity contribution in [3.63, 3.8) is 0 Å². The van der Waals surface area contributed by atoms with E-state index in [4.69, 9.17) is 4.74 Å². The molecule has 0 spiro atoms. The van der Waals surface area contributed by atoms with Crippen molar-refractivity contribution in [1.82, 2.24) is 4.72 Å². The Bertz CT molecular complexity index is 251. The molecule has 0 saturated carbocycles. The number of rotatable bonds is 7. The molecule has 0 rings (SSSR count). The van der Waals surface area contributed by atoms with Gasteiger partial charge in [0.15, 0.2) is 0 Å². The van der Waals surface area contributed by atoms with E-state index in [1.807, 2.05) is 13.8 Å². The highest BCUT2D eigenvalue weighted by Crippen LogP contribution is 2.19. The summed E-state index contributed by atoms with van der Waals surface area (Å²) < 4.78 is 29.7. The second kappa shape index (κ2) is 6.05. The van der Waals surface area contributed by atoms with Gasteiger partial charge in [0.05, 0.1) is 0 Å². The molecule has 14 heavy (non-hydrogen) atoms. The van der Waals surface area contributed by atoms with Crippen molar-refractivity contribution in [2.24, 2.45) is 5.41 Å². The summed E-state index contributed by atoms with van der Waals surface area (Å²) in [7, 11) is -1.51. The van der Waals surface area contributed by atoms with Gasteiger partial charge in [0.25, 0.3) is 0 Å². The SMILES string of the molecule is COCCC(C)(C)CNS(=O)(=O)CBr. The molecule has 0 aliphatic heterocycles. The van der Waals surface area contributed by atoms with Crippen molar-refractivity contribution < 1.29 is 13.2 Å². The summed E-state index contributed by atoms with van der Waals surface area (Å²) in [6, 6.07) is 0. The van der Waals surface area contributed by atoms with Crippen LogP contribution in [0.2, 0.25) is 0 Å². The smallest absolute Gasteiger partial charge is 0.221 e. The van der Waals surface area contributed by atoms with E-state index < -0.39 is 10.0 Å². The van der Waals surface area contributed by atoms with Gasteiger partial charge in [-0.15, -0.1) is 0 Å². The predicted octanol–water partition coefficient (Wildman–Crippen LogP) is 1.32. The van der Waals surface area contributed by atoms with Crippen LogP contribution < -0.4 is 4.72 Å². The molecule has 0 bridgehead atoms. The molecule has 1 N–H and O–H groups in total. The third-order valence-corrected chi connectivity index (χ3v) is 4.58. The van der Waals surface area contributed by atoms with Crippen molar-refractivity contribution in [3.05, 3.63) is 0 Å². The van der Waals surface area contributed by atoms with Crippen LogP contribution >= 0.6 is 15.9 Å². The lowest BCUT2D eigenvalue weighted by Gasteiger charge is -2.24. The molecule has 0 heterocycles. The molecule has 6 heteroatoms. The fourth-order valence-electron chi connectivity index (χ4n) is 0.811. The zero-order valence-corrected chi connectivity index (χ0v) is 11.2. The van der Waals surface area contributed by atoms with Gasteiger partial charge in [-0.3, -0.25) is 0 Å². The lowest BCUT2D eigenvalue weighted by molar-refractivity contribution is 0.153. The normalized spacial score (nSPS) is 13.1. The van der Waals surface area contributed by atoms with E-state index in [1.165, 1.54) is 0 Å². The largest absolute Gasteiger partial charge is 0.385 e. The van der Waals surface area contributed by atoms with Gasteiger partial charge in [-0.2, -0.15) is 0 Å². The molecular formula is C8H18BrNO3S. The van der Waals surface area contributed by atoms with Crippen LogP contribution in [0.3, 0.4) is 0 Å². The maximum atomic E-state index is 11.1. The lowest BCUT2D eigenvalue weighted by Crippen LogP contribution is -2.35. The van der Waals surface area contributed by atoms with Crippen LogP contribution in [-0.2, 0) is 14.8 Å². The first-order valence-electron chi connectivity index (χ1n) is 4.35. The third kappa shape index (κ3) is 6.75. The molecule has 0 saturated heterocycles. The summed E-state index contributed by atoms with van der Waals surface area (Å²) in [5, 5.41) is 0. The number of alkyl halides is 1. The van der Waals surface area contributed by atoms with E-state index in [0.29, 0.717) is 13.2 Å². The molecule has 0 atom stereocenters. The van der Waals surface area contributed by atoms with E-state index >= 15 is 0 Å². The molecule has 0 aliphatic carbocycles. The summed E-state index contributed by atoms with van der Waals surface area (Å²) >= 11 is 2.92. The fourth-order valence-corrected chi connectivity index (χ4v) is 1.98. The average molecular weight is 288 g/mol. The highest BCUT2D eigenvalue weighted by Gasteiger charge is 2.20. The van der Waals surface area contributed by atoms with Crippen molar-refractivity contribution in [2.45, 2.75) is 20.3 Å². The molecule has 0 radical (unpaired) electrons. The Morgan fingerprint density at radius 3 is 2.43 bits per heavy atom. The number of methoxy groups -OCH3 is 1. The lowest BCUT2D eigenvalue weighted by atomic mass is 9.90. The van der Waals surface area contributed by atoms with Gasteiger partial charge in [0, 0.05) is 20.3 Å². The number of ether oxygens (including phenoxy) is 1. The molecule has 0 aromatic carbocycles.